The summed E-state index contributed by atoms with van der Waals surface area (Å²) in [6.07, 6.45) is 0.122. The Kier molecular flexibility index (Phi) is 3.26. The molecule has 0 atom stereocenters. The van der Waals surface area contributed by atoms with Crippen LogP contribution in [0.25, 0.3) is 0 Å². The van der Waals surface area contributed by atoms with Crippen LogP contribution in [0.15, 0.2) is 18.2 Å². The molecule has 0 radical (unpaired) electrons. The zero-order chi connectivity index (χ0) is 13.1. The number of hydrogen-bond donors (Lipinski definition) is 1. The molecule has 1 aromatic heterocycles. The standard InChI is InChI=1S/C10H8F2N4O2/c11-7-2-1-6(3-8(7)12)4-9-13-14-15-16(9)5-10(17)18/h1-3H,4-5H2,(H,17,18). The second-order valence-electron chi connectivity index (χ2n) is 3.57. The zero-order valence-corrected chi connectivity index (χ0v) is 9.05. The summed E-state index contributed by atoms with van der Waals surface area (Å²) in [5, 5.41) is 19.1. The first kappa shape index (κ1) is 12.1. The van der Waals surface area contributed by atoms with Gasteiger partial charge < -0.3 is 5.11 Å². The summed E-state index contributed by atoms with van der Waals surface area (Å²) in [4.78, 5) is 10.5. The fraction of sp³-hybridized carbons (Fsp3) is 0.200. The van der Waals surface area contributed by atoms with Gasteiger partial charge in [-0.25, -0.2) is 13.5 Å². The van der Waals surface area contributed by atoms with Gasteiger partial charge in [-0.1, -0.05) is 6.07 Å². The second-order valence-corrected chi connectivity index (χ2v) is 3.57. The summed E-state index contributed by atoms with van der Waals surface area (Å²) in [6.45, 7) is -0.383. The Bertz CT molecular complexity index is 585. The average Bonchev–Trinajstić information content (AvgIpc) is 2.70. The highest BCUT2D eigenvalue weighted by molar-refractivity contribution is 5.66. The third kappa shape index (κ3) is 2.65. The van der Waals surface area contributed by atoms with E-state index in [-0.39, 0.29) is 18.8 Å². The Morgan fingerprint density at radius 1 is 1.33 bits per heavy atom. The van der Waals surface area contributed by atoms with Gasteiger partial charge >= 0.3 is 5.97 Å². The van der Waals surface area contributed by atoms with Gasteiger partial charge in [0.25, 0.3) is 0 Å². The third-order valence-electron chi connectivity index (χ3n) is 2.24. The predicted octanol–water partition coefficient (Wildman–Crippen LogP) is 0.627. The topological polar surface area (TPSA) is 80.9 Å². The molecule has 0 spiro atoms. The normalized spacial score (nSPS) is 10.6. The summed E-state index contributed by atoms with van der Waals surface area (Å²) in [6, 6.07) is 3.41. The van der Waals surface area contributed by atoms with E-state index in [0.717, 1.165) is 16.8 Å². The van der Waals surface area contributed by atoms with Gasteiger partial charge in [0.1, 0.15) is 6.54 Å². The van der Waals surface area contributed by atoms with E-state index in [4.69, 9.17) is 5.11 Å². The molecule has 1 aromatic carbocycles. The number of rotatable bonds is 4. The van der Waals surface area contributed by atoms with Gasteiger partial charge in [-0.05, 0) is 28.1 Å². The smallest absolute Gasteiger partial charge is 0.325 e. The molecule has 0 saturated heterocycles. The monoisotopic (exact) mass is 254 g/mol. The van der Waals surface area contributed by atoms with Crippen molar-refractivity contribution in [1.29, 1.82) is 0 Å². The number of benzene rings is 1. The maximum Gasteiger partial charge on any atom is 0.325 e. The molecule has 94 valence electrons. The van der Waals surface area contributed by atoms with Crippen LogP contribution in [-0.2, 0) is 17.8 Å². The van der Waals surface area contributed by atoms with E-state index in [0.29, 0.717) is 5.56 Å². The van der Waals surface area contributed by atoms with Gasteiger partial charge in [-0.3, -0.25) is 4.79 Å². The van der Waals surface area contributed by atoms with Gasteiger partial charge in [0.2, 0.25) is 0 Å². The number of carboxylic acid groups (broad SMARTS) is 1. The van der Waals surface area contributed by atoms with E-state index in [2.05, 4.69) is 15.5 Å². The van der Waals surface area contributed by atoms with Crippen LogP contribution in [-0.4, -0.2) is 31.3 Å². The molecule has 1 N–H and O–H groups in total. The van der Waals surface area contributed by atoms with Crippen LogP contribution >= 0.6 is 0 Å². The molecular weight excluding hydrogens is 246 g/mol. The van der Waals surface area contributed by atoms with Gasteiger partial charge in [-0.2, -0.15) is 0 Å². The van der Waals surface area contributed by atoms with Crippen LogP contribution in [0.2, 0.25) is 0 Å². The lowest BCUT2D eigenvalue weighted by Crippen LogP contribution is -2.13. The molecule has 8 heteroatoms. The molecular formula is C10H8F2N4O2. The fourth-order valence-electron chi connectivity index (χ4n) is 1.43. The number of hydrogen-bond acceptors (Lipinski definition) is 4. The molecule has 0 saturated carbocycles. The molecule has 1 heterocycles. The maximum atomic E-state index is 13.0. The number of nitrogens with zero attached hydrogens (tertiary/aromatic N) is 4. The molecule has 0 bridgehead atoms. The lowest BCUT2D eigenvalue weighted by atomic mass is 10.1. The lowest BCUT2D eigenvalue weighted by Gasteiger charge is -2.02. The van der Waals surface area contributed by atoms with Crippen molar-refractivity contribution in [3.8, 4) is 0 Å². The SMILES string of the molecule is O=C(O)Cn1nnnc1Cc1ccc(F)c(F)c1. The molecule has 0 aliphatic heterocycles. The van der Waals surface area contributed by atoms with E-state index in [1.54, 1.807) is 0 Å². The number of carboxylic acids is 1. The number of tetrazole rings is 1. The number of carbonyl (C=O) groups is 1. The van der Waals surface area contributed by atoms with Crippen molar-refractivity contribution in [2.45, 2.75) is 13.0 Å². The first-order chi connectivity index (χ1) is 8.56. The highest BCUT2D eigenvalue weighted by Crippen LogP contribution is 2.11. The third-order valence-corrected chi connectivity index (χ3v) is 2.24. The Balaban J connectivity index is 2.20. The van der Waals surface area contributed by atoms with Crippen molar-refractivity contribution in [3.63, 3.8) is 0 Å². The molecule has 0 amide bonds. The highest BCUT2D eigenvalue weighted by atomic mass is 19.2. The van der Waals surface area contributed by atoms with Gasteiger partial charge in [-0.15, -0.1) is 5.10 Å². The zero-order valence-electron chi connectivity index (χ0n) is 9.05. The molecule has 0 aliphatic carbocycles. The van der Waals surface area contributed by atoms with E-state index in [1.807, 2.05) is 0 Å². The minimum absolute atomic E-state index is 0.122. The maximum absolute atomic E-state index is 13.0. The Labute approximate surface area is 99.9 Å². The van der Waals surface area contributed by atoms with Crippen LogP contribution in [0.3, 0.4) is 0 Å². The largest absolute Gasteiger partial charge is 0.480 e. The minimum Gasteiger partial charge on any atom is -0.480 e. The van der Waals surface area contributed by atoms with Crippen LogP contribution in [0.1, 0.15) is 11.4 Å². The number of aliphatic carboxylic acids is 1. The second kappa shape index (κ2) is 4.86. The fourth-order valence-corrected chi connectivity index (χ4v) is 1.43. The van der Waals surface area contributed by atoms with Crippen molar-refractivity contribution in [2.75, 3.05) is 0 Å². The van der Waals surface area contributed by atoms with Crippen molar-refractivity contribution in [1.82, 2.24) is 20.2 Å². The Morgan fingerprint density at radius 3 is 2.78 bits per heavy atom. The van der Waals surface area contributed by atoms with Crippen LogP contribution in [0.4, 0.5) is 8.78 Å². The Hall–Kier alpha value is -2.38. The van der Waals surface area contributed by atoms with Gasteiger partial charge in [0.05, 0.1) is 0 Å². The van der Waals surface area contributed by atoms with E-state index in [9.17, 15) is 13.6 Å². The quantitative estimate of drug-likeness (QED) is 0.865. The van der Waals surface area contributed by atoms with Crippen LogP contribution < -0.4 is 0 Å². The Morgan fingerprint density at radius 2 is 2.11 bits per heavy atom. The van der Waals surface area contributed by atoms with E-state index >= 15 is 0 Å². The predicted molar refractivity (Wildman–Crippen MR) is 54.6 cm³/mol. The summed E-state index contributed by atoms with van der Waals surface area (Å²) in [5.74, 6) is -2.73. The van der Waals surface area contributed by atoms with Crippen molar-refractivity contribution in [2.24, 2.45) is 0 Å². The van der Waals surface area contributed by atoms with E-state index < -0.39 is 17.6 Å². The van der Waals surface area contributed by atoms with Crippen molar-refractivity contribution >= 4 is 5.97 Å². The summed E-state index contributed by atoms with van der Waals surface area (Å²) >= 11 is 0. The molecule has 2 rings (SSSR count). The first-order valence-corrected chi connectivity index (χ1v) is 4.97. The number of halogens is 2. The first-order valence-electron chi connectivity index (χ1n) is 4.97. The molecule has 6 nitrogen and oxygen atoms in total. The summed E-state index contributed by atoms with van der Waals surface area (Å²) in [5.41, 5.74) is 0.454. The van der Waals surface area contributed by atoms with Crippen LogP contribution in [0, 0.1) is 11.6 Å². The summed E-state index contributed by atoms with van der Waals surface area (Å²) in [7, 11) is 0. The minimum atomic E-state index is -1.09. The van der Waals surface area contributed by atoms with Gasteiger partial charge in [0, 0.05) is 6.42 Å². The van der Waals surface area contributed by atoms with Crippen molar-refractivity contribution < 1.29 is 18.7 Å². The van der Waals surface area contributed by atoms with E-state index in [1.165, 1.54) is 6.07 Å². The van der Waals surface area contributed by atoms with Crippen LogP contribution in [0.5, 0.6) is 0 Å². The average molecular weight is 254 g/mol. The summed E-state index contributed by atoms with van der Waals surface area (Å²) < 4.78 is 26.8. The number of aromatic nitrogens is 4. The highest BCUT2D eigenvalue weighted by Gasteiger charge is 2.11. The lowest BCUT2D eigenvalue weighted by molar-refractivity contribution is -0.138. The van der Waals surface area contributed by atoms with Gasteiger partial charge in [0.15, 0.2) is 17.5 Å². The molecule has 0 unspecified atom stereocenters. The van der Waals surface area contributed by atoms with Crippen molar-refractivity contribution in [3.05, 3.63) is 41.2 Å². The molecule has 2 aromatic rings. The molecule has 0 aliphatic rings. The molecule has 0 fully saturated rings. The molecule has 18 heavy (non-hydrogen) atoms.